The van der Waals surface area contributed by atoms with Gasteiger partial charge in [0.1, 0.15) is 25.4 Å². The maximum Gasteiger partial charge on any atom is 0.338 e. The van der Waals surface area contributed by atoms with E-state index in [0.29, 0.717) is 36.1 Å². The number of carbonyl (C=O) groups excluding carboxylic acids is 2. The van der Waals surface area contributed by atoms with Gasteiger partial charge in [-0.1, -0.05) is 0 Å². The van der Waals surface area contributed by atoms with Crippen LogP contribution >= 0.6 is 0 Å². The molecule has 1 fully saturated rings. The number of benzene rings is 1. The van der Waals surface area contributed by atoms with E-state index in [1.54, 1.807) is 18.2 Å². The fourth-order valence-corrected chi connectivity index (χ4v) is 3.96. The van der Waals surface area contributed by atoms with E-state index in [1.165, 1.54) is 24.8 Å². The summed E-state index contributed by atoms with van der Waals surface area (Å²) in [4.78, 5) is 56.0. The minimum Gasteiger partial charge on any atom is -0.486 e. The average molecular weight is 466 g/mol. The van der Waals surface area contributed by atoms with Crippen molar-refractivity contribution in [1.82, 2.24) is 14.1 Å². The first-order valence-electron chi connectivity index (χ1n) is 10.8. The molecule has 2 aliphatic rings. The lowest BCUT2D eigenvalue weighted by molar-refractivity contribution is -0.116. The normalized spacial score (nSPS) is 14.6. The number of rotatable bonds is 5. The monoisotopic (exact) mass is 466 g/mol. The number of pyridine rings is 1. The molecule has 1 aliphatic carbocycles. The summed E-state index contributed by atoms with van der Waals surface area (Å²) in [6.45, 7) is 0.282. The van der Waals surface area contributed by atoms with Crippen LogP contribution in [-0.4, -0.2) is 46.3 Å². The smallest absolute Gasteiger partial charge is 0.338 e. The standard InChI is InChI=1S/C23H22N4O7/c1-26-20-19(14(22(30)32-2)10-15(25-20)12-3-4-12)21(29)27(23(26)31)11-18(28)24-13-5-6-16-17(9-13)34-8-7-33-16/h5-6,9-10,12H,3-4,7-8,11H2,1-2H3,(H,24,28). The molecule has 11 nitrogen and oxygen atoms in total. The Morgan fingerprint density at radius 3 is 2.59 bits per heavy atom. The molecule has 1 saturated carbocycles. The third-order valence-electron chi connectivity index (χ3n) is 5.84. The van der Waals surface area contributed by atoms with E-state index >= 15 is 0 Å². The van der Waals surface area contributed by atoms with Gasteiger partial charge >= 0.3 is 11.7 Å². The molecule has 3 heterocycles. The van der Waals surface area contributed by atoms with Gasteiger partial charge in [-0.25, -0.2) is 14.6 Å². The first-order valence-corrected chi connectivity index (χ1v) is 10.8. The molecular weight excluding hydrogens is 444 g/mol. The number of aryl methyl sites for hydroxylation is 1. The van der Waals surface area contributed by atoms with Crippen LogP contribution in [0, 0.1) is 0 Å². The third kappa shape index (κ3) is 3.78. The first kappa shape index (κ1) is 21.7. The molecule has 0 bridgehead atoms. The van der Waals surface area contributed by atoms with Crippen molar-refractivity contribution in [3.05, 3.63) is 56.4 Å². The predicted octanol–water partition coefficient (Wildman–Crippen LogP) is 1.17. The van der Waals surface area contributed by atoms with Gasteiger partial charge in [-0.2, -0.15) is 0 Å². The van der Waals surface area contributed by atoms with Crippen molar-refractivity contribution < 1.29 is 23.8 Å². The number of methoxy groups -OCH3 is 1. The quantitative estimate of drug-likeness (QED) is 0.555. The van der Waals surface area contributed by atoms with E-state index in [4.69, 9.17) is 14.2 Å². The number of aromatic nitrogens is 3. The number of nitrogens with zero attached hydrogens (tertiary/aromatic N) is 3. The maximum atomic E-state index is 13.3. The van der Waals surface area contributed by atoms with Gasteiger partial charge in [0, 0.05) is 30.4 Å². The van der Waals surface area contributed by atoms with E-state index in [-0.39, 0.29) is 22.5 Å². The molecule has 0 spiro atoms. The SMILES string of the molecule is COC(=O)c1cc(C2CC2)nc2c1c(=O)n(CC(=O)Nc1ccc3c(c1)OCCO3)c(=O)n2C. The molecule has 34 heavy (non-hydrogen) atoms. The Balaban J connectivity index is 1.53. The summed E-state index contributed by atoms with van der Waals surface area (Å²) in [5.74, 6) is -0.0720. The Bertz CT molecular complexity index is 1450. The highest BCUT2D eigenvalue weighted by molar-refractivity contribution is 6.02. The number of amides is 1. The number of carbonyl (C=O) groups is 2. The van der Waals surface area contributed by atoms with Crippen molar-refractivity contribution in [2.45, 2.75) is 25.3 Å². The summed E-state index contributed by atoms with van der Waals surface area (Å²) < 4.78 is 17.8. The van der Waals surface area contributed by atoms with Crippen molar-refractivity contribution in [3.63, 3.8) is 0 Å². The average Bonchev–Trinajstić information content (AvgIpc) is 3.69. The molecule has 1 aromatic carbocycles. The van der Waals surface area contributed by atoms with Crippen molar-refractivity contribution >= 4 is 28.6 Å². The fourth-order valence-electron chi connectivity index (χ4n) is 3.96. The van der Waals surface area contributed by atoms with Crippen molar-refractivity contribution in [2.75, 3.05) is 25.6 Å². The zero-order chi connectivity index (χ0) is 24.0. The summed E-state index contributed by atoms with van der Waals surface area (Å²) in [6.07, 6.45) is 1.84. The van der Waals surface area contributed by atoms with Gasteiger partial charge in [0.15, 0.2) is 11.5 Å². The van der Waals surface area contributed by atoms with Crippen LogP contribution in [0.3, 0.4) is 0 Å². The predicted molar refractivity (Wildman–Crippen MR) is 121 cm³/mol. The lowest BCUT2D eigenvalue weighted by Gasteiger charge is -2.19. The summed E-state index contributed by atoms with van der Waals surface area (Å²) in [5, 5.41) is 2.59. The van der Waals surface area contributed by atoms with Crippen LogP contribution in [0.15, 0.2) is 33.9 Å². The highest BCUT2D eigenvalue weighted by atomic mass is 16.6. The largest absolute Gasteiger partial charge is 0.486 e. The zero-order valence-corrected chi connectivity index (χ0v) is 18.6. The van der Waals surface area contributed by atoms with Gasteiger partial charge in [-0.3, -0.25) is 18.7 Å². The highest BCUT2D eigenvalue weighted by Gasteiger charge is 2.29. The Labute approximate surface area is 192 Å². The van der Waals surface area contributed by atoms with Crippen LogP contribution in [0.5, 0.6) is 11.5 Å². The van der Waals surface area contributed by atoms with Crippen LogP contribution in [0.1, 0.15) is 34.8 Å². The number of anilines is 1. The number of ether oxygens (including phenoxy) is 3. The van der Waals surface area contributed by atoms with Crippen LogP contribution in [0.2, 0.25) is 0 Å². The second-order valence-electron chi connectivity index (χ2n) is 8.20. The second-order valence-corrected chi connectivity index (χ2v) is 8.20. The number of fused-ring (bicyclic) bond motifs is 2. The minimum absolute atomic E-state index is 0.0241. The number of hydrogen-bond acceptors (Lipinski definition) is 8. The first-order chi connectivity index (χ1) is 16.4. The Kier molecular flexibility index (Phi) is 5.31. The van der Waals surface area contributed by atoms with Crippen molar-refractivity contribution in [1.29, 1.82) is 0 Å². The van der Waals surface area contributed by atoms with E-state index in [9.17, 15) is 19.2 Å². The summed E-state index contributed by atoms with van der Waals surface area (Å²) in [6, 6.07) is 6.44. The third-order valence-corrected chi connectivity index (χ3v) is 5.84. The minimum atomic E-state index is -0.786. The lowest BCUT2D eigenvalue weighted by atomic mass is 10.1. The molecule has 1 aliphatic heterocycles. The highest BCUT2D eigenvalue weighted by Crippen LogP contribution is 2.40. The van der Waals surface area contributed by atoms with Crippen LogP contribution in [0.25, 0.3) is 11.0 Å². The number of esters is 1. The molecule has 0 saturated heterocycles. The van der Waals surface area contributed by atoms with Gasteiger partial charge in [-0.15, -0.1) is 0 Å². The topological polar surface area (TPSA) is 131 Å². The second kappa shape index (κ2) is 8.32. The van der Waals surface area contributed by atoms with Gasteiger partial charge in [0.05, 0.1) is 18.1 Å². The summed E-state index contributed by atoms with van der Waals surface area (Å²) in [7, 11) is 2.66. The fraction of sp³-hybridized carbons (Fsp3) is 0.348. The van der Waals surface area contributed by atoms with E-state index in [0.717, 1.165) is 17.4 Å². The Morgan fingerprint density at radius 1 is 1.15 bits per heavy atom. The molecular formula is C23H22N4O7. The van der Waals surface area contributed by atoms with Gasteiger partial charge in [0.25, 0.3) is 5.56 Å². The van der Waals surface area contributed by atoms with Gasteiger partial charge in [0.2, 0.25) is 5.91 Å². The molecule has 5 rings (SSSR count). The Morgan fingerprint density at radius 2 is 1.88 bits per heavy atom. The molecule has 0 unspecified atom stereocenters. The van der Waals surface area contributed by atoms with E-state index < -0.39 is 29.7 Å². The number of hydrogen-bond donors (Lipinski definition) is 1. The zero-order valence-electron chi connectivity index (χ0n) is 18.6. The van der Waals surface area contributed by atoms with Crippen LogP contribution in [-0.2, 0) is 23.1 Å². The number of nitrogens with one attached hydrogen (secondary N) is 1. The molecule has 1 N–H and O–H groups in total. The molecule has 3 aromatic rings. The summed E-state index contributed by atoms with van der Waals surface area (Å²) in [5.41, 5.74) is -0.335. The molecule has 11 heteroatoms. The van der Waals surface area contributed by atoms with Crippen molar-refractivity contribution in [2.24, 2.45) is 7.05 Å². The van der Waals surface area contributed by atoms with Crippen LogP contribution < -0.4 is 26.0 Å². The maximum absolute atomic E-state index is 13.3. The lowest BCUT2D eigenvalue weighted by Crippen LogP contribution is -2.42. The molecule has 0 atom stereocenters. The summed E-state index contributed by atoms with van der Waals surface area (Å²) >= 11 is 0. The molecule has 0 radical (unpaired) electrons. The molecule has 176 valence electrons. The van der Waals surface area contributed by atoms with E-state index in [1.807, 2.05) is 0 Å². The van der Waals surface area contributed by atoms with Gasteiger partial charge < -0.3 is 19.5 Å². The Hall–Kier alpha value is -4.15. The van der Waals surface area contributed by atoms with Gasteiger partial charge in [-0.05, 0) is 31.0 Å². The van der Waals surface area contributed by atoms with Crippen molar-refractivity contribution in [3.8, 4) is 11.5 Å². The van der Waals surface area contributed by atoms with E-state index in [2.05, 4.69) is 10.3 Å². The molecule has 1 amide bonds. The molecule has 2 aromatic heterocycles. The van der Waals surface area contributed by atoms with Crippen LogP contribution in [0.4, 0.5) is 5.69 Å².